The van der Waals surface area contributed by atoms with Crippen LogP contribution in [0.5, 0.6) is 0 Å². The zero-order valence-electron chi connectivity index (χ0n) is 18.5. The maximum atomic E-state index is 12.9. The molecule has 1 saturated heterocycles. The highest BCUT2D eigenvalue weighted by atomic mass is 32.2. The summed E-state index contributed by atoms with van der Waals surface area (Å²) in [5, 5.41) is 17.6. The summed E-state index contributed by atoms with van der Waals surface area (Å²) in [4.78, 5) is 29.3. The number of amides is 1. The molecule has 3 aromatic rings. The van der Waals surface area contributed by atoms with E-state index in [9.17, 15) is 9.90 Å². The minimum atomic E-state index is -0.287. The predicted molar refractivity (Wildman–Crippen MR) is 133 cm³/mol. The molecule has 10 heteroatoms. The molecule has 5 rings (SSSR count). The minimum absolute atomic E-state index is 0.0317. The molecule has 8 nitrogen and oxygen atoms in total. The van der Waals surface area contributed by atoms with Crippen LogP contribution in [-0.2, 0) is 0 Å². The summed E-state index contributed by atoms with van der Waals surface area (Å²) in [6.45, 7) is 1.22. The standard InChI is InChI=1S/C23H28N6O2S2/c1-32-18-12-24-22(25-13-18)26-15-3-4-16(11-15)27-23-28-19-5-2-14(10-20(19)33-23)21(31)29-8-6-17(30)7-9-29/h2,5,10,12-13,15-17,30H,3-4,6-9,11H2,1H3,(H,27,28)(H,24,25,26)/t15-,16-/m0/s1. The van der Waals surface area contributed by atoms with Gasteiger partial charge < -0.3 is 20.6 Å². The normalized spacial score (nSPS) is 21.5. The van der Waals surface area contributed by atoms with E-state index in [-0.39, 0.29) is 12.0 Å². The Morgan fingerprint density at radius 1 is 1.12 bits per heavy atom. The fraction of sp³-hybridized carbons (Fsp3) is 0.478. The molecule has 1 aliphatic carbocycles. The Kier molecular flexibility index (Phi) is 6.66. The van der Waals surface area contributed by atoms with Crippen molar-refractivity contribution in [1.29, 1.82) is 0 Å². The van der Waals surface area contributed by atoms with Crippen molar-refractivity contribution in [2.75, 3.05) is 30.0 Å². The third-order valence-electron chi connectivity index (χ3n) is 6.34. The average Bonchev–Trinajstić information content (AvgIpc) is 3.45. The summed E-state index contributed by atoms with van der Waals surface area (Å²) in [5.41, 5.74) is 1.59. The zero-order chi connectivity index (χ0) is 22.8. The summed E-state index contributed by atoms with van der Waals surface area (Å²) in [7, 11) is 0. The number of aromatic nitrogens is 3. The number of piperidine rings is 1. The van der Waals surface area contributed by atoms with Gasteiger partial charge in [-0.1, -0.05) is 11.3 Å². The first-order valence-corrected chi connectivity index (χ1v) is 13.4. The van der Waals surface area contributed by atoms with E-state index < -0.39 is 0 Å². The third-order valence-corrected chi connectivity index (χ3v) is 7.98. The van der Waals surface area contributed by atoms with Crippen molar-refractivity contribution < 1.29 is 9.90 Å². The van der Waals surface area contributed by atoms with Crippen molar-refractivity contribution >= 4 is 50.3 Å². The topological polar surface area (TPSA) is 103 Å². The number of anilines is 2. The molecule has 1 saturated carbocycles. The van der Waals surface area contributed by atoms with Crippen molar-refractivity contribution in [2.24, 2.45) is 0 Å². The fourth-order valence-electron chi connectivity index (χ4n) is 4.47. The van der Waals surface area contributed by atoms with Crippen LogP contribution >= 0.6 is 23.1 Å². The summed E-state index contributed by atoms with van der Waals surface area (Å²) in [5.74, 6) is 0.711. The van der Waals surface area contributed by atoms with Gasteiger partial charge in [-0.3, -0.25) is 4.79 Å². The van der Waals surface area contributed by atoms with E-state index in [0.717, 1.165) is 39.5 Å². The summed E-state index contributed by atoms with van der Waals surface area (Å²) in [6, 6.07) is 6.41. The van der Waals surface area contributed by atoms with Gasteiger partial charge in [0.15, 0.2) is 5.13 Å². The number of benzene rings is 1. The second kappa shape index (κ2) is 9.82. The molecule has 2 aromatic heterocycles. The molecule has 174 valence electrons. The first-order chi connectivity index (χ1) is 16.1. The van der Waals surface area contributed by atoms with Crippen LogP contribution in [0.4, 0.5) is 11.1 Å². The van der Waals surface area contributed by atoms with Crippen LogP contribution in [0.1, 0.15) is 42.5 Å². The number of aliphatic hydroxyl groups excluding tert-OH is 1. The Labute approximate surface area is 201 Å². The molecule has 1 aromatic carbocycles. The van der Waals surface area contributed by atoms with Crippen molar-refractivity contribution in [3.8, 4) is 0 Å². The van der Waals surface area contributed by atoms with Gasteiger partial charge in [-0.25, -0.2) is 15.0 Å². The molecule has 1 amide bonds. The molecule has 1 aliphatic heterocycles. The van der Waals surface area contributed by atoms with E-state index >= 15 is 0 Å². The number of aliphatic hydroxyl groups is 1. The van der Waals surface area contributed by atoms with E-state index in [1.54, 1.807) is 23.1 Å². The van der Waals surface area contributed by atoms with Crippen molar-refractivity contribution in [3.63, 3.8) is 0 Å². The summed E-state index contributed by atoms with van der Waals surface area (Å²) >= 11 is 3.23. The number of carbonyl (C=O) groups excluding carboxylic acids is 1. The smallest absolute Gasteiger partial charge is 0.253 e. The summed E-state index contributed by atoms with van der Waals surface area (Å²) < 4.78 is 1.01. The van der Waals surface area contributed by atoms with Crippen LogP contribution in [0.2, 0.25) is 0 Å². The molecule has 3 heterocycles. The first kappa shape index (κ1) is 22.4. The summed E-state index contributed by atoms with van der Waals surface area (Å²) in [6.07, 6.45) is 9.81. The number of likely N-dealkylation sites (tertiary alicyclic amines) is 1. The molecule has 33 heavy (non-hydrogen) atoms. The maximum Gasteiger partial charge on any atom is 0.253 e. The molecule has 2 fully saturated rings. The fourth-order valence-corrected chi connectivity index (χ4v) is 5.77. The van der Waals surface area contributed by atoms with Gasteiger partial charge in [0.1, 0.15) is 0 Å². The number of thioether (sulfide) groups is 1. The highest BCUT2D eigenvalue weighted by molar-refractivity contribution is 7.98. The Morgan fingerprint density at radius 2 is 1.85 bits per heavy atom. The van der Waals surface area contributed by atoms with Gasteiger partial charge in [0.2, 0.25) is 5.95 Å². The number of thiazole rings is 1. The second-order valence-corrected chi connectivity index (χ2v) is 10.6. The largest absolute Gasteiger partial charge is 0.393 e. The van der Waals surface area contributed by atoms with Crippen molar-refractivity contribution in [2.45, 2.75) is 55.2 Å². The Morgan fingerprint density at radius 3 is 2.58 bits per heavy atom. The van der Waals surface area contributed by atoms with Gasteiger partial charge in [-0.2, -0.15) is 0 Å². The number of hydrogen-bond acceptors (Lipinski definition) is 9. The molecule has 0 radical (unpaired) electrons. The lowest BCUT2D eigenvalue weighted by molar-refractivity contribution is 0.0546. The highest BCUT2D eigenvalue weighted by Crippen LogP contribution is 2.31. The van der Waals surface area contributed by atoms with E-state index in [4.69, 9.17) is 4.98 Å². The molecular formula is C23H28N6O2S2. The highest BCUT2D eigenvalue weighted by Gasteiger charge is 2.26. The maximum absolute atomic E-state index is 12.9. The van der Waals surface area contributed by atoms with Crippen LogP contribution < -0.4 is 10.6 Å². The lowest BCUT2D eigenvalue weighted by Gasteiger charge is -2.29. The van der Waals surface area contributed by atoms with Crippen LogP contribution in [0.15, 0.2) is 35.5 Å². The molecule has 3 N–H and O–H groups in total. The lowest BCUT2D eigenvalue weighted by Crippen LogP contribution is -2.40. The van der Waals surface area contributed by atoms with Gasteiger partial charge in [0, 0.05) is 48.0 Å². The van der Waals surface area contributed by atoms with Crippen molar-refractivity contribution in [1.82, 2.24) is 19.9 Å². The van der Waals surface area contributed by atoms with Crippen LogP contribution in [0.3, 0.4) is 0 Å². The van der Waals surface area contributed by atoms with Gasteiger partial charge >= 0.3 is 0 Å². The van der Waals surface area contributed by atoms with Crippen LogP contribution in [-0.4, -0.2) is 68.4 Å². The number of nitrogens with one attached hydrogen (secondary N) is 2. The van der Waals surface area contributed by atoms with E-state index in [1.807, 2.05) is 41.7 Å². The van der Waals surface area contributed by atoms with Gasteiger partial charge in [0.05, 0.1) is 16.3 Å². The van der Waals surface area contributed by atoms with Gasteiger partial charge in [0.25, 0.3) is 5.91 Å². The van der Waals surface area contributed by atoms with Crippen molar-refractivity contribution in [3.05, 3.63) is 36.2 Å². The second-order valence-electron chi connectivity index (χ2n) is 8.67. The number of rotatable bonds is 6. The lowest BCUT2D eigenvalue weighted by atomic mass is 10.1. The van der Waals surface area contributed by atoms with Gasteiger partial charge in [-0.15, -0.1) is 11.8 Å². The predicted octanol–water partition coefficient (Wildman–Crippen LogP) is 3.85. The molecule has 0 bridgehead atoms. The zero-order valence-corrected chi connectivity index (χ0v) is 20.2. The molecule has 2 aliphatic rings. The Bertz CT molecular complexity index is 1110. The molecule has 0 unspecified atom stereocenters. The first-order valence-electron chi connectivity index (χ1n) is 11.3. The molecule has 0 spiro atoms. The van der Waals surface area contributed by atoms with E-state index in [1.165, 1.54) is 0 Å². The molecular weight excluding hydrogens is 456 g/mol. The average molecular weight is 485 g/mol. The van der Waals surface area contributed by atoms with E-state index in [0.29, 0.717) is 49.5 Å². The number of hydrogen-bond donors (Lipinski definition) is 3. The monoisotopic (exact) mass is 484 g/mol. The third kappa shape index (κ3) is 5.23. The quantitative estimate of drug-likeness (QED) is 0.454. The van der Waals surface area contributed by atoms with Crippen LogP contribution in [0, 0.1) is 0 Å². The van der Waals surface area contributed by atoms with E-state index in [2.05, 4.69) is 20.6 Å². The minimum Gasteiger partial charge on any atom is -0.393 e. The van der Waals surface area contributed by atoms with Gasteiger partial charge in [-0.05, 0) is 56.6 Å². The number of nitrogens with zero attached hydrogens (tertiary/aromatic N) is 4. The number of carbonyl (C=O) groups is 1. The molecule has 2 atom stereocenters. The Hall–Kier alpha value is -2.43. The SMILES string of the molecule is CSc1cnc(N[C@H]2CC[C@H](Nc3nc4ccc(C(=O)N5CCC(O)CC5)cc4s3)C2)nc1. The van der Waals surface area contributed by atoms with Crippen LogP contribution in [0.25, 0.3) is 10.2 Å². The Balaban J connectivity index is 1.19. The number of fused-ring (bicyclic) bond motifs is 1.